The summed E-state index contributed by atoms with van der Waals surface area (Å²) in [5.74, 6) is -0.707. The lowest BCUT2D eigenvalue weighted by molar-refractivity contribution is -0.137. The summed E-state index contributed by atoms with van der Waals surface area (Å²) in [6.45, 7) is 3.54. The van der Waals surface area contributed by atoms with E-state index < -0.39 is 23.7 Å². The lowest BCUT2D eigenvalue weighted by Crippen LogP contribution is -2.44. The molecule has 1 heterocycles. The summed E-state index contributed by atoms with van der Waals surface area (Å²) in [6.07, 6.45) is -3.35. The quantitative estimate of drug-likeness (QED) is 0.641. The number of hydrogen-bond acceptors (Lipinski definition) is 3. The van der Waals surface area contributed by atoms with E-state index in [1.807, 2.05) is 32.0 Å². The number of nitrogens with one attached hydrogen (secondary N) is 1. The molecule has 2 aromatic rings. The van der Waals surface area contributed by atoms with Gasteiger partial charge in [0.2, 0.25) is 11.8 Å². The van der Waals surface area contributed by atoms with E-state index in [-0.39, 0.29) is 37.9 Å². The van der Waals surface area contributed by atoms with Crippen molar-refractivity contribution in [1.29, 1.82) is 0 Å². The van der Waals surface area contributed by atoms with Gasteiger partial charge < -0.3 is 15.1 Å². The summed E-state index contributed by atoms with van der Waals surface area (Å²) in [7, 11) is 0. The number of unbranched alkanes of at least 4 members (excludes halogenated alkanes) is 1. The number of anilines is 2. The third-order valence-electron chi connectivity index (χ3n) is 5.47. The number of nitrogens with zero attached hydrogens (tertiary/aromatic N) is 3. The van der Waals surface area contributed by atoms with Crippen molar-refractivity contribution in [2.45, 2.75) is 32.9 Å². The molecule has 2 aromatic carbocycles. The minimum Gasteiger partial charge on any atom is -0.315 e. The molecule has 7 nitrogen and oxygen atoms in total. The van der Waals surface area contributed by atoms with Gasteiger partial charge in [-0.05, 0) is 43.2 Å². The first-order chi connectivity index (χ1) is 16.1. The zero-order chi connectivity index (χ0) is 24.9. The molecular formula is C24H27F3N4O3. The molecule has 1 fully saturated rings. The van der Waals surface area contributed by atoms with E-state index >= 15 is 0 Å². The first-order valence-corrected chi connectivity index (χ1v) is 11.0. The number of urea groups is 1. The summed E-state index contributed by atoms with van der Waals surface area (Å²) in [5, 5.41) is 2.29. The molecule has 1 aliphatic heterocycles. The van der Waals surface area contributed by atoms with Crippen LogP contribution in [0.4, 0.5) is 29.3 Å². The standard InChI is InChI=1S/C24H27F3N4O3/c1-3-4-12-29(23(34)28-20-11-6-5-10-19(20)24(25,26)27)14-21(32)30-15-22(33)31(16-30)18-9-7-8-17(2)13-18/h5-11,13H,3-4,12,14-16H2,1-2H3,(H,28,34). The molecule has 0 spiro atoms. The second-order valence-corrected chi connectivity index (χ2v) is 8.14. The fourth-order valence-corrected chi connectivity index (χ4v) is 3.63. The summed E-state index contributed by atoms with van der Waals surface area (Å²) in [6, 6.07) is 11.2. The van der Waals surface area contributed by atoms with Crippen LogP contribution in [0.2, 0.25) is 0 Å². The van der Waals surface area contributed by atoms with Gasteiger partial charge in [-0.3, -0.25) is 14.5 Å². The summed E-state index contributed by atoms with van der Waals surface area (Å²) in [4.78, 5) is 42.3. The van der Waals surface area contributed by atoms with E-state index in [9.17, 15) is 27.6 Å². The molecule has 3 rings (SSSR count). The third kappa shape index (κ3) is 6.06. The molecule has 182 valence electrons. The molecule has 0 radical (unpaired) electrons. The highest BCUT2D eigenvalue weighted by Crippen LogP contribution is 2.34. The summed E-state index contributed by atoms with van der Waals surface area (Å²) in [5.41, 5.74) is 0.293. The molecule has 0 unspecified atom stereocenters. The highest BCUT2D eigenvalue weighted by atomic mass is 19.4. The van der Waals surface area contributed by atoms with E-state index in [4.69, 9.17) is 0 Å². The van der Waals surface area contributed by atoms with Gasteiger partial charge in [-0.2, -0.15) is 13.2 Å². The van der Waals surface area contributed by atoms with Crippen molar-refractivity contribution in [3.8, 4) is 0 Å². The van der Waals surface area contributed by atoms with Gasteiger partial charge in [0.05, 0.1) is 11.3 Å². The van der Waals surface area contributed by atoms with Crippen molar-refractivity contribution in [2.24, 2.45) is 0 Å². The summed E-state index contributed by atoms with van der Waals surface area (Å²) >= 11 is 0. The van der Waals surface area contributed by atoms with Crippen LogP contribution < -0.4 is 10.2 Å². The number of carbonyl (C=O) groups is 3. The number of para-hydroxylation sites is 1. The van der Waals surface area contributed by atoms with Gasteiger partial charge >= 0.3 is 12.2 Å². The second-order valence-electron chi connectivity index (χ2n) is 8.14. The zero-order valence-corrected chi connectivity index (χ0v) is 19.1. The number of benzene rings is 2. The fourth-order valence-electron chi connectivity index (χ4n) is 3.63. The van der Waals surface area contributed by atoms with Crippen molar-refractivity contribution >= 4 is 29.2 Å². The van der Waals surface area contributed by atoms with Crippen molar-refractivity contribution in [3.05, 3.63) is 59.7 Å². The molecule has 34 heavy (non-hydrogen) atoms. The molecule has 0 aliphatic carbocycles. The predicted molar refractivity (Wildman–Crippen MR) is 122 cm³/mol. The Labute approximate surface area is 196 Å². The monoisotopic (exact) mass is 476 g/mol. The predicted octanol–water partition coefficient (Wildman–Crippen LogP) is 4.48. The van der Waals surface area contributed by atoms with Crippen molar-refractivity contribution in [1.82, 2.24) is 9.80 Å². The van der Waals surface area contributed by atoms with Crippen LogP contribution in [0.25, 0.3) is 0 Å². The Balaban J connectivity index is 1.71. The molecule has 10 heteroatoms. The minimum atomic E-state index is -4.64. The van der Waals surface area contributed by atoms with Gasteiger partial charge in [0.25, 0.3) is 0 Å². The average Bonchev–Trinajstić information content (AvgIpc) is 3.18. The Morgan fingerprint density at radius 2 is 1.85 bits per heavy atom. The number of hydrogen-bond donors (Lipinski definition) is 1. The first-order valence-electron chi connectivity index (χ1n) is 11.0. The van der Waals surface area contributed by atoms with Gasteiger partial charge in [-0.1, -0.05) is 37.6 Å². The number of carbonyl (C=O) groups excluding carboxylic acids is 3. The maximum atomic E-state index is 13.3. The second kappa shape index (κ2) is 10.6. The van der Waals surface area contributed by atoms with Crippen LogP contribution in [0.3, 0.4) is 0 Å². The summed E-state index contributed by atoms with van der Waals surface area (Å²) < 4.78 is 39.9. The van der Waals surface area contributed by atoms with Crippen molar-refractivity contribution in [2.75, 3.05) is 36.5 Å². The number of rotatable bonds is 7. The number of alkyl halides is 3. The fraction of sp³-hybridized carbons (Fsp3) is 0.375. The van der Waals surface area contributed by atoms with Crippen LogP contribution in [0.15, 0.2) is 48.5 Å². The van der Waals surface area contributed by atoms with Gasteiger partial charge in [0.15, 0.2) is 0 Å². The molecule has 1 N–H and O–H groups in total. The molecule has 1 saturated heterocycles. The molecular weight excluding hydrogens is 449 g/mol. The molecule has 1 aliphatic rings. The van der Waals surface area contributed by atoms with Gasteiger partial charge in [0.1, 0.15) is 19.8 Å². The number of amides is 4. The Morgan fingerprint density at radius 3 is 2.53 bits per heavy atom. The molecule has 0 bridgehead atoms. The normalized spacial score (nSPS) is 13.9. The smallest absolute Gasteiger partial charge is 0.315 e. The van der Waals surface area contributed by atoms with E-state index in [0.717, 1.165) is 18.1 Å². The van der Waals surface area contributed by atoms with Crippen LogP contribution in [0.1, 0.15) is 30.9 Å². The van der Waals surface area contributed by atoms with Crippen LogP contribution in [-0.4, -0.2) is 53.9 Å². The number of aryl methyl sites for hydroxylation is 1. The first kappa shape index (κ1) is 25.1. The Kier molecular flexibility index (Phi) is 7.80. The maximum Gasteiger partial charge on any atom is 0.418 e. The van der Waals surface area contributed by atoms with Crippen molar-refractivity contribution in [3.63, 3.8) is 0 Å². The van der Waals surface area contributed by atoms with Gasteiger partial charge in [-0.15, -0.1) is 0 Å². The van der Waals surface area contributed by atoms with Crippen LogP contribution in [0.5, 0.6) is 0 Å². The lowest BCUT2D eigenvalue weighted by Gasteiger charge is -2.26. The van der Waals surface area contributed by atoms with E-state index in [2.05, 4.69) is 5.32 Å². The SMILES string of the molecule is CCCCN(CC(=O)N1CC(=O)N(c2cccc(C)c2)C1)C(=O)Nc1ccccc1C(F)(F)F. The maximum absolute atomic E-state index is 13.3. The highest BCUT2D eigenvalue weighted by Gasteiger charge is 2.35. The third-order valence-corrected chi connectivity index (χ3v) is 5.47. The van der Waals surface area contributed by atoms with Gasteiger partial charge in [0, 0.05) is 12.2 Å². The largest absolute Gasteiger partial charge is 0.418 e. The average molecular weight is 476 g/mol. The zero-order valence-electron chi connectivity index (χ0n) is 19.1. The topological polar surface area (TPSA) is 73.0 Å². The molecule has 0 saturated carbocycles. The Hall–Kier alpha value is -3.56. The molecule has 0 aromatic heterocycles. The Morgan fingerprint density at radius 1 is 1.12 bits per heavy atom. The van der Waals surface area contributed by atoms with E-state index in [1.165, 1.54) is 32.9 Å². The Bertz CT molecular complexity index is 1060. The van der Waals surface area contributed by atoms with Crippen LogP contribution in [0, 0.1) is 6.92 Å². The van der Waals surface area contributed by atoms with Crippen LogP contribution in [-0.2, 0) is 15.8 Å². The van der Waals surface area contributed by atoms with E-state index in [0.29, 0.717) is 12.1 Å². The molecule has 0 atom stereocenters. The van der Waals surface area contributed by atoms with E-state index in [1.54, 1.807) is 6.07 Å². The lowest BCUT2D eigenvalue weighted by atomic mass is 10.1. The molecule has 4 amide bonds. The van der Waals surface area contributed by atoms with Gasteiger partial charge in [-0.25, -0.2) is 4.79 Å². The minimum absolute atomic E-state index is 0.0429. The number of halogens is 3. The van der Waals surface area contributed by atoms with Crippen molar-refractivity contribution < 1.29 is 27.6 Å². The van der Waals surface area contributed by atoms with Crippen LogP contribution >= 0.6 is 0 Å². The highest BCUT2D eigenvalue weighted by molar-refractivity contribution is 6.01.